The molecule has 0 radical (unpaired) electrons. The van der Waals surface area contributed by atoms with E-state index in [-0.39, 0.29) is 5.82 Å². The van der Waals surface area contributed by atoms with Crippen LogP contribution < -0.4 is 10.2 Å². The van der Waals surface area contributed by atoms with Crippen LogP contribution >= 0.6 is 0 Å². The van der Waals surface area contributed by atoms with Crippen molar-refractivity contribution in [2.75, 3.05) is 25.0 Å². The van der Waals surface area contributed by atoms with Gasteiger partial charge in [-0.25, -0.2) is 4.39 Å². The molecule has 1 saturated carbocycles. The van der Waals surface area contributed by atoms with Gasteiger partial charge in [-0.2, -0.15) is 0 Å². The fraction of sp³-hybridized carbons (Fsp3) is 0.571. The lowest BCUT2D eigenvalue weighted by molar-refractivity contribution is 0.497. The zero-order valence-electron chi connectivity index (χ0n) is 10.2. The van der Waals surface area contributed by atoms with Gasteiger partial charge in [-0.1, -0.05) is 6.07 Å². The monoisotopic (exact) mass is 234 g/mol. The number of benzene rings is 1. The number of nitrogens with zero attached hydrogens (tertiary/aromatic N) is 1. The molecule has 0 bridgehead atoms. The Labute approximate surface area is 102 Å². The van der Waals surface area contributed by atoms with Gasteiger partial charge < -0.3 is 10.2 Å². The predicted octanol–water partition coefficient (Wildman–Crippen LogP) is 2.19. The van der Waals surface area contributed by atoms with Crippen LogP contribution in [0.2, 0.25) is 0 Å². The molecular weight excluding hydrogens is 215 g/mol. The number of anilines is 1. The molecule has 1 aliphatic heterocycles. The summed E-state index contributed by atoms with van der Waals surface area (Å²) in [5.41, 5.74) is 2.39. The topological polar surface area (TPSA) is 15.3 Å². The molecule has 0 amide bonds. The van der Waals surface area contributed by atoms with Crippen molar-refractivity contribution in [3.63, 3.8) is 0 Å². The Morgan fingerprint density at radius 3 is 3.00 bits per heavy atom. The zero-order valence-corrected chi connectivity index (χ0v) is 10.2. The quantitative estimate of drug-likeness (QED) is 0.859. The molecule has 1 atom stereocenters. The Morgan fingerprint density at radius 1 is 1.47 bits per heavy atom. The summed E-state index contributed by atoms with van der Waals surface area (Å²) < 4.78 is 13.3. The highest BCUT2D eigenvalue weighted by molar-refractivity contribution is 5.58. The Balaban J connectivity index is 1.75. The molecule has 2 nitrogen and oxygen atoms in total. The molecule has 17 heavy (non-hydrogen) atoms. The summed E-state index contributed by atoms with van der Waals surface area (Å²) in [5.74, 6) is 0.709. The lowest BCUT2D eigenvalue weighted by Crippen LogP contribution is -2.40. The van der Waals surface area contributed by atoms with E-state index >= 15 is 0 Å². The number of hydrogen-bond acceptors (Lipinski definition) is 2. The molecule has 2 aliphatic rings. The van der Waals surface area contributed by atoms with Gasteiger partial charge in [0.1, 0.15) is 5.82 Å². The molecule has 1 N–H and O–H groups in total. The molecule has 92 valence electrons. The van der Waals surface area contributed by atoms with Crippen molar-refractivity contribution in [1.29, 1.82) is 0 Å². The van der Waals surface area contributed by atoms with E-state index in [2.05, 4.69) is 10.2 Å². The van der Waals surface area contributed by atoms with Crippen LogP contribution in [0.4, 0.5) is 10.1 Å². The highest BCUT2D eigenvalue weighted by Gasteiger charge is 2.32. The average molecular weight is 234 g/mol. The van der Waals surface area contributed by atoms with E-state index in [1.54, 1.807) is 12.1 Å². The van der Waals surface area contributed by atoms with Crippen LogP contribution in [0, 0.1) is 11.7 Å². The molecule has 1 aliphatic carbocycles. The Bertz CT molecular complexity index is 415. The number of halogens is 1. The van der Waals surface area contributed by atoms with Gasteiger partial charge >= 0.3 is 0 Å². The third-order valence-corrected chi connectivity index (χ3v) is 4.02. The van der Waals surface area contributed by atoms with Crippen molar-refractivity contribution in [3.05, 3.63) is 29.6 Å². The third-order valence-electron chi connectivity index (χ3n) is 4.02. The first-order valence-electron chi connectivity index (χ1n) is 6.48. The SMILES string of the molecule is CNC(CN1CCc2ccc(F)cc21)C1CC1. The molecule has 3 heteroatoms. The maximum absolute atomic E-state index is 13.3. The number of likely N-dealkylation sites (N-methyl/N-ethyl adjacent to an activating group) is 1. The number of hydrogen-bond donors (Lipinski definition) is 1. The lowest BCUT2D eigenvalue weighted by atomic mass is 10.1. The highest BCUT2D eigenvalue weighted by Crippen LogP contribution is 2.35. The van der Waals surface area contributed by atoms with Crippen molar-refractivity contribution >= 4 is 5.69 Å². The number of nitrogens with one attached hydrogen (secondary N) is 1. The molecule has 3 rings (SSSR count). The first kappa shape index (κ1) is 11.0. The summed E-state index contributed by atoms with van der Waals surface area (Å²) in [4.78, 5) is 2.33. The first-order valence-corrected chi connectivity index (χ1v) is 6.48. The van der Waals surface area contributed by atoms with Gasteiger partial charge in [-0.05, 0) is 49.9 Å². The fourth-order valence-corrected chi connectivity index (χ4v) is 2.82. The summed E-state index contributed by atoms with van der Waals surface area (Å²) in [6.45, 7) is 2.04. The fourth-order valence-electron chi connectivity index (χ4n) is 2.82. The predicted molar refractivity (Wildman–Crippen MR) is 67.9 cm³/mol. The molecule has 0 spiro atoms. The number of rotatable bonds is 4. The van der Waals surface area contributed by atoms with Crippen molar-refractivity contribution < 1.29 is 4.39 Å². The van der Waals surface area contributed by atoms with Gasteiger partial charge in [0, 0.05) is 24.8 Å². The van der Waals surface area contributed by atoms with Crippen LogP contribution in [-0.4, -0.2) is 26.2 Å². The van der Waals surface area contributed by atoms with Gasteiger partial charge in [0.25, 0.3) is 0 Å². The second kappa shape index (κ2) is 4.30. The van der Waals surface area contributed by atoms with Crippen LogP contribution in [0.25, 0.3) is 0 Å². The van der Waals surface area contributed by atoms with Crippen molar-refractivity contribution in [2.45, 2.75) is 25.3 Å². The van der Waals surface area contributed by atoms with Gasteiger partial charge in [-0.3, -0.25) is 0 Å². The van der Waals surface area contributed by atoms with E-state index in [0.717, 1.165) is 31.1 Å². The molecular formula is C14H19FN2. The largest absolute Gasteiger partial charge is 0.369 e. The van der Waals surface area contributed by atoms with Gasteiger partial charge in [0.05, 0.1) is 0 Å². The van der Waals surface area contributed by atoms with E-state index < -0.39 is 0 Å². The Morgan fingerprint density at radius 2 is 2.29 bits per heavy atom. The second-order valence-corrected chi connectivity index (χ2v) is 5.20. The molecule has 1 aromatic carbocycles. The summed E-state index contributed by atoms with van der Waals surface area (Å²) in [6.07, 6.45) is 3.74. The van der Waals surface area contributed by atoms with Crippen LogP contribution in [0.3, 0.4) is 0 Å². The van der Waals surface area contributed by atoms with Gasteiger partial charge in [0.2, 0.25) is 0 Å². The van der Waals surface area contributed by atoms with Crippen LogP contribution in [0.1, 0.15) is 18.4 Å². The summed E-state index contributed by atoms with van der Waals surface area (Å²) in [7, 11) is 2.03. The van der Waals surface area contributed by atoms with E-state index in [1.165, 1.54) is 18.4 Å². The highest BCUT2D eigenvalue weighted by atomic mass is 19.1. The van der Waals surface area contributed by atoms with Crippen LogP contribution in [-0.2, 0) is 6.42 Å². The summed E-state index contributed by atoms with van der Waals surface area (Å²) in [6, 6.07) is 5.74. The average Bonchev–Trinajstić information content (AvgIpc) is 3.09. The smallest absolute Gasteiger partial charge is 0.125 e. The Hall–Kier alpha value is -1.09. The normalized spacial score (nSPS) is 20.5. The van der Waals surface area contributed by atoms with E-state index in [4.69, 9.17) is 0 Å². The third kappa shape index (κ3) is 2.16. The second-order valence-electron chi connectivity index (χ2n) is 5.20. The standard InChI is InChI=1S/C14H19FN2/c1-16-13(10-2-3-10)9-17-7-6-11-4-5-12(15)8-14(11)17/h4-5,8,10,13,16H,2-3,6-7,9H2,1H3. The number of fused-ring (bicyclic) bond motifs is 1. The maximum atomic E-state index is 13.3. The van der Waals surface area contributed by atoms with Gasteiger partial charge in [0.15, 0.2) is 0 Å². The van der Waals surface area contributed by atoms with Gasteiger partial charge in [-0.15, -0.1) is 0 Å². The molecule has 0 saturated heterocycles. The summed E-state index contributed by atoms with van der Waals surface area (Å²) >= 11 is 0. The zero-order chi connectivity index (χ0) is 11.8. The maximum Gasteiger partial charge on any atom is 0.125 e. The molecule has 1 aromatic rings. The minimum atomic E-state index is -0.122. The minimum absolute atomic E-state index is 0.122. The molecule has 0 aromatic heterocycles. The van der Waals surface area contributed by atoms with Crippen molar-refractivity contribution in [3.8, 4) is 0 Å². The van der Waals surface area contributed by atoms with Crippen LogP contribution in [0.15, 0.2) is 18.2 Å². The van der Waals surface area contributed by atoms with Crippen LogP contribution in [0.5, 0.6) is 0 Å². The first-order chi connectivity index (χ1) is 8.28. The summed E-state index contributed by atoms with van der Waals surface area (Å²) in [5, 5.41) is 3.40. The molecule has 1 heterocycles. The van der Waals surface area contributed by atoms with Crippen molar-refractivity contribution in [2.24, 2.45) is 5.92 Å². The molecule has 1 fully saturated rings. The Kier molecular flexibility index (Phi) is 2.79. The lowest BCUT2D eigenvalue weighted by Gasteiger charge is -2.25. The molecule has 1 unspecified atom stereocenters. The van der Waals surface area contributed by atoms with E-state index in [0.29, 0.717) is 6.04 Å². The van der Waals surface area contributed by atoms with E-state index in [9.17, 15) is 4.39 Å². The van der Waals surface area contributed by atoms with E-state index in [1.807, 2.05) is 13.1 Å². The minimum Gasteiger partial charge on any atom is -0.369 e. The van der Waals surface area contributed by atoms with Crippen molar-refractivity contribution in [1.82, 2.24) is 5.32 Å².